The van der Waals surface area contributed by atoms with E-state index in [0.717, 1.165) is 4.90 Å². The number of thioether (sulfide) groups is 1. The first kappa shape index (κ1) is 19.9. The summed E-state index contributed by atoms with van der Waals surface area (Å²) in [6.45, 7) is 12.7. The second-order valence-electron chi connectivity index (χ2n) is 7.96. The zero-order chi connectivity index (χ0) is 18.1. The molecule has 4 nitrogen and oxygen atoms in total. The first-order chi connectivity index (χ1) is 11.0. The SMILES string of the molecule is C[C@@H]1O[C@@H](Sc2ccccc2)[C@H](O)[C@H](O)[C@H]1O[Si](C)(C)C(C)(C)C. The van der Waals surface area contributed by atoms with Crippen LogP contribution in [0.4, 0.5) is 0 Å². The lowest BCUT2D eigenvalue weighted by Gasteiger charge is -2.46. The molecule has 1 aromatic rings. The van der Waals surface area contributed by atoms with Gasteiger partial charge in [0, 0.05) is 4.90 Å². The lowest BCUT2D eigenvalue weighted by molar-refractivity contribution is -0.187. The van der Waals surface area contributed by atoms with Gasteiger partial charge >= 0.3 is 0 Å². The van der Waals surface area contributed by atoms with Crippen LogP contribution in [-0.2, 0) is 9.16 Å². The van der Waals surface area contributed by atoms with Crippen LogP contribution in [0.5, 0.6) is 0 Å². The first-order valence-corrected chi connectivity index (χ1v) is 12.2. The number of hydrogen-bond acceptors (Lipinski definition) is 5. The van der Waals surface area contributed by atoms with Gasteiger partial charge in [-0.3, -0.25) is 0 Å². The molecule has 1 aliphatic rings. The summed E-state index contributed by atoms with van der Waals surface area (Å²) in [6, 6.07) is 9.77. The van der Waals surface area contributed by atoms with Crippen molar-refractivity contribution in [1.82, 2.24) is 0 Å². The minimum Gasteiger partial charge on any atom is -0.409 e. The highest BCUT2D eigenvalue weighted by Gasteiger charge is 2.48. The van der Waals surface area contributed by atoms with Crippen molar-refractivity contribution in [3.8, 4) is 0 Å². The number of ether oxygens (including phenoxy) is 1. The molecule has 0 aromatic heterocycles. The minimum atomic E-state index is -2.06. The maximum atomic E-state index is 10.6. The van der Waals surface area contributed by atoms with Crippen LogP contribution >= 0.6 is 11.8 Å². The lowest BCUT2D eigenvalue weighted by Crippen LogP contribution is -2.60. The summed E-state index contributed by atoms with van der Waals surface area (Å²) in [6.07, 6.45) is -2.72. The standard InChI is InChI=1S/C18H30O4SSi/c1-12-16(22-24(5,6)18(2,3)4)14(19)15(20)17(21-12)23-13-10-8-7-9-11-13/h7-12,14-17,19-20H,1-6H3/t12-,14-,15+,16-,17-/m0/s1. The number of benzene rings is 1. The van der Waals surface area contributed by atoms with Crippen molar-refractivity contribution in [3.05, 3.63) is 30.3 Å². The van der Waals surface area contributed by atoms with Gasteiger partial charge in [-0.2, -0.15) is 0 Å². The predicted molar refractivity (Wildman–Crippen MR) is 101 cm³/mol. The van der Waals surface area contributed by atoms with Crippen molar-refractivity contribution in [2.75, 3.05) is 0 Å². The van der Waals surface area contributed by atoms with Gasteiger partial charge in [0.1, 0.15) is 17.6 Å². The Morgan fingerprint density at radius 2 is 1.67 bits per heavy atom. The highest BCUT2D eigenvalue weighted by molar-refractivity contribution is 7.99. The number of aliphatic hydroxyl groups is 2. The molecule has 0 bridgehead atoms. The van der Waals surface area contributed by atoms with Crippen LogP contribution in [0.25, 0.3) is 0 Å². The molecule has 0 radical (unpaired) electrons. The zero-order valence-electron chi connectivity index (χ0n) is 15.4. The molecule has 1 aromatic carbocycles. The zero-order valence-corrected chi connectivity index (χ0v) is 17.2. The topological polar surface area (TPSA) is 58.9 Å². The van der Waals surface area contributed by atoms with Crippen LogP contribution < -0.4 is 0 Å². The Morgan fingerprint density at radius 1 is 1.08 bits per heavy atom. The van der Waals surface area contributed by atoms with Gasteiger partial charge in [0.25, 0.3) is 0 Å². The molecule has 2 rings (SSSR count). The van der Waals surface area contributed by atoms with Gasteiger partial charge in [0.05, 0.1) is 12.2 Å². The Morgan fingerprint density at radius 3 is 2.21 bits per heavy atom. The van der Waals surface area contributed by atoms with Gasteiger partial charge in [-0.1, -0.05) is 50.7 Å². The van der Waals surface area contributed by atoms with E-state index in [2.05, 4.69) is 33.9 Å². The summed E-state index contributed by atoms with van der Waals surface area (Å²) in [5, 5.41) is 21.2. The van der Waals surface area contributed by atoms with Crippen molar-refractivity contribution in [3.63, 3.8) is 0 Å². The third-order valence-corrected chi connectivity index (χ3v) is 10.6. The molecule has 1 heterocycles. The molecule has 5 atom stereocenters. The fourth-order valence-electron chi connectivity index (χ4n) is 2.42. The van der Waals surface area contributed by atoms with Crippen LogP contribution in [0.1, 0.15) is 27.7 Å². The molecule has 6 heteroatoms. The van der Waals surface area contributed by atoms with Gasteiger partial charge in [-0.05, 0) is 37.2 Å². The molecule has 136 valence electrons. The van der Waals surface area contributed by atoms with E-state index in [-0.39, 0.29) is 11.1 Å². The van der Waals surface area contributed by atoms with Crippen LogP contribution in [0, 0.1) is 0 Å². The summed E-state index contributed by atoms with van der Waals surface area (Å²) >= 11 is 1.43. The second-order valence-corrected chi connectivity index (χ2v) is 13.9. The Bertz CT molecular complexity index is 532. The number of hydrogen-bond donors (Lipinski definition) is 2. The molecule has 24 heavy (non-hydrogen) atoms. The Hall–Kier alpha value is -0.373. The smallest absolute Gasteiger partial charge is 0.192 e. The quantitative estimate of drug-likeness (QED) is 0.793. The fourth-order valence-corrected chi connectivity index (χ4v) is 4.89. The largest absolute Gasteiger partial charge is 0.409 e. The second kappa shape index (κ2) is 7.48. The molecule has 0 unspecified atom stereocenters. The maximum Gasteiger partial charge on any atom is 0.192 e. The lowest BCUT2D eigenvalue weighted by atomic mass is 10.0. The summed E-state index contributed by atoms with van der Waals surface area (Å²) in [4.78, 5) is 1.00. The van der Waals surface area contributed by atoms with E-state index in [1.54, 1.807) is 0 Å². The van der Waals surface area contributed by atoms with E-state index in [9.17, 15) is 10.2 Å². The normalized spacial score (nSPS) is 31.9. The Labute approximate surface area is 150 Å². The Balaban J connectivity index is 2.09. The van der Waals surface area contributed by atoms with E-state index < -0.39 is 32.1 Å². The summed E-state index contributed by atoms with van der Waals surface area (Å²) in [5.41, 5.74) is -0.503. The summed E-state index contributed by atoms with van der Waals surface area (Å²) < 4.78 is 12.3. The van der Waals surface area contributed by atoms with Crippen molar-refractivity contribution < 1.29 is 19.4 Å². The highest BCUT2D eigenvalue weighted by Crippen LogP contribution is 2.40. The molecule has 0 spiro atoms. The van der Waals surface area contributed by atoms with Gasteiger partial charge in [0.2, 0.25) is 0 Å². The van der Waals surface area contributed by atoms with Gasteiger partial charge in [-0.15, -0.1) is 0 Å². The van der Waals surface area contributed by atoms with Crippen LogP contribution in [0.3, 0.4) is 0 Å². The molecule has 2 N–H and O–H groups in total. The van der Waals surface area contributed by atoms with Crippen molar-refractivity contribution in [1.29, 1.82) is 0 Å². The van der Waals surface area contributed by atoms with Crippen LogP contribution in [-0.4, -0.2) is 48.4 Å². The molecule has 0 aliphatic carbocycles. The third-order valence-electron chi connectivity index (χ3n) is 5.01. The van der Waals surface area contributed by atoms with Gasteiger partial charge in [0.15, 0.2) is 8.32 Å². The number of aliphatic hydroxyl groups excluding tert-OH is 2. The molecular formula is C18H30O4SSi. The molecule has 0 saturated carbocycles. The fraction of sp³-hybridized carbons (Fsp3) is 0.667. The highest BCUT2D eigenvalue weighted by atomic mass is 32.2. The van der Waals surface area contributed by atoms with E-state index in [4.69, 9.17) is 9.16 Å². The van der Waals surface area contributed by atoms with E-state index in [0.29, 0.717) is 0 Å². The summed E-state index contributed by atoms with van der Waals surface area (Å²) in [5.74, 6) is 0. The maximum absolute atomic E-state index is 10.6. The first-order valence-electron chi connectivity index (χ1n) is 8.44. The molecular weight excluding hydrogens is 340 g/mol. The van der Waals surface area contributed by atoms with Crippen molar-refractivity contribution >= 4 is 20.1 Å². The minimum absolute atomic E-state index is 0.0348. The Kier molecular flexibility index (Phi) is 6.21. The average molecular weight is 371 g/mol. The molecule has 1 fully saturated rings. The van der Waals surface area contributed by atoms with E-state index in [1.165, 1.54) is 11.8 Å². The molecule has 0 amide bonds. The summed E-state index contributed by atoms with van der Waals surface area (Å²) in [7, 11) is -2.06. The molecule has 1 saturated heterocycles. The van der Waals surface area contributed by atoms with Crippen molar-refractivity contribution in [2.45, 2.75) is 80.6 Å². The third kappa shape index (κ3) is 4.42. The van der Waals surface area contributed by atoms with Gasteiger partial charge < -0.3 is 19.4 Å². The predicted octanol–water partition coefficient (Wildman–Crippen LogP) is 3.64. The van der Waals surface area contributed by atoms with Crippen LogP contribution in [0.2, 0.25) is 18.1 Å². The monoisotopic (exact) mass is 370 g/mol. The van der Waals surface area contributed by atoms with E-state index >= 15 is 0 Å². The van der Waals surface area contributed by atoms with Crippen molar-refractivity contribution in [2.24, 2.45) is 0 Å². The van der Waals surface area contributed by atoms with Crippen LogP contribution in [0.15, 0.2) is 35.2 Å². The molecule has 1 aliphatic heterocycles. The van der Waals surface area contributed by atoms with Gasteiger partial charge in [-0.25, -0.2) is 0 Å². The number of rotatable bonds is 4. The average Bonchev–Trinajstić information content (AvgIpc) is 2.49. The van der Waals surface area contributed by atoms with E-state index in [1.807, 2.05) is 37.3 Å².